The van der Waals surface area contributed by atoms with Gasteiger partial charge in [0.25, 0.3) is 5.91 Å². The predicted molar refractivity (Wildman–Crippen MR) is 118 cm³/mol. The molecule has 29 heavy (non-hydrogen) atoms. The van der Waals surface area contributed by atoms with E-state index in [1.807, 2.05) is 37.3 Å². The molecule has 4 nitrogen and oxygen atoms in total. The monoisotopic (exact) mass is 394 g/mol. The topological polar surface area (TPSA) is 41.6 Å². The van der Waals surface area contributed by atoms with Gasteiger partial charge in [0.1, 0.15) is 5.75 Å². The van der Waals surface area contributed by atoms with Crippen molar-refractivity contribution in [3.8, 4) is 5.75 Å². The van der Waals surface area contributed by atoms with Crippen LogP contribution in [-0.2, 0) is 11.2 Å². The molecular formula is C25H34N2O2. The van der Waals surface area contributed by atoms with Gasteiger partial charge in [-0.2, -0.15) is 0 Å². The van der Waals surface area contributed by atoms with E-state index in [-0.39, 0.29) is 17.5 Å². The van der Waals surface area contributed by atoms with Crippen LogP contribution < -0.4 is 10.1 Å². The molecule has 0 aliphatic heterocycles. The fourth-order valence-corrected chi connectivity index (χ4v) is 4.24. The molecule has 4 heteroatoms. The minimum absolute atomic E-state index is 0.0326. The summed E-state index contributed by atoms with van der Waals surface area (Å²) in [4.78, 5) is 15.0. The van der Waals surface area contributed by atoms with Crippen LogP contribution in [0.2, 0.25) is 0 Å². The summed E-state index contributed by atoms with van der Waals surface area (Å²) < 4.78 is 5.77. The minimum atomic E-state index is -0.495. The number of likely N-dealkylation sites (N-methyl/N-ethyl adjacent to an activating group) is 1. The Morgan fingerprint density at radius 3 is 2.31 bits per heavy atom. The summed E-state index contributed by atoms with van der Waals surface area (Å²) in [6.07, 6.45) is 4.70. The van der Waals surface area contributed by atoms with Crippen molar-refractivity contribution < 1.29 is 9.53 Å². The molecule has 1 atom stereocenters. The zero-order valence-corrected chi connectivity index (χ0v) is 18.2. The van der Waals surface area contributed by atoms with Crippen LogP contribution in [0.5, 0.6) is 5.75 Å². The normalized spacial score (nSPS) is 22.9. The van der Waals surface area contributed by atoms with Crippen LogP contribution in [0, 0.1) is 6.92 Å². The SMILES string of the molecule is Cc1ccc(CC2(N(C)C)CCC(NC(=O)C(C)Oc3ccccc3)CC2)cc1. The van der Waals surface area contributed by atoms with Crippen molar-refractivity contribution in [2.24, 2.45) is 0 Å². The molecule has 1 N–H and O–H groups in total. The van der Waals surface area contributed by atoms with Crippen molar-refractivity contribution in [3.63, 3.8) is 0 Å². The van der Waals surface area contributed by atoms with E-state index < -0.39 is 6.10 Å². The molecule has 1 unspecified atom stereocenters. The highest BCUT2D eigenvalue weighted by Crippen LogP contribution is 2.35. The van der Waals surface area contributed by atoms with Crippen LogP contribution in [0.3, 0.4) is 0 Å². The molecule has 0 saturated heterocycles. The second-order valence-corrected chi connectivity index (χ2v) is 8.64. The van der Waals surface area contributed by atoms with Gasteiger partial charge in [0.2, 0.25) is 0 Å². The second kappa shape index (κ2) is 9.45. The summed E-state index contributed by atoms with van der Waals surface area (Å²) in [6.45, 7) is 3.94. The Kier molecular flexibility index (Phi) is 6.96. The van der Waals surface area contributed by atoms with Crippen LogP contribution in [0.4, 0.5) is 0 Å². The fourth-order valence-electron chi connectivity index (χ4n) is 4.24. The van der Waals surface area contributed by atoms with Gasteiger partial charge in [0.05, 0.1) is 0 Å². The Morgan fingerprint density at radius 1 is 1.10 bits per heavy atom. The summed E-state index contributed by atoms with van der Waals surface area (Å²) in [6, 6.07) is 18.6. The lowest BCUT2D eigenvalue weighted by molar-refractivity contribution is -0.128. The molecule has 1 fully saturated rings. The first-order valence-electron chi connectivity index (χ1n) is 10.6. The molecule has 1 aliphatic rings. The van der Waals surface area contributed by atoms with Gasteiger partial charge in [-0.15, -0.1) is 0 Å². The van der Waals surface area contributed by atoms with Crippen molar-refractivity contribution in [1.29, 1.82) is 0 Å². The Labute approximate surface area is 175 Å². The number of hydrogen-bond acceptors (Lipinski definition) is 3. The van der Waals surface area contributed by atoms with Gasteiger partial charge in [0.15, 0.2) is 6.10 Å². The minimum Gasteiger partial charge on any atom is -0.481 e. The van der Waals surface area contributed by atoms with E-state index in [1.54, 1.807) is 0 Å². The third-order valence-electron chi connectivity index (χ3n) is 6.29. The first kappa shape index (κ1) is 21.4. The fraction of sp³-hybridized carbons (Fsp3) is 0.480. The summed E-state index contributed by atoms with van der Waals surface area (Å²) in [5, 5.41) is 3.20. The van der Waals surface area contributed by atoms with Gasteiger partial charge in [-0.05, 0) is 77.7 Å². The zero-order chi connectivity index (χ0) is 20.9. The van der Waals surface area contributed by atoms with Crippen LogP contribution in [0.15, 0.2) is 54.6 Å². The standard InChI is InChI=1S/C25H34N2O2/c1-19-10-12-21(13-11-19)18-25(27(3)4)16-14-22(15-17-25)26-24(28)20(2)29-23-8-6-5-7-9-23/h5-13,20,22H,14-18H2,1-4H3,(H,26,28). The molecule has 1 aliphatic carbocycles. The lowest BCUT2D eigenvalue weighted by Gasteiger charge is -2.45. The van der Waals surface area contributed by atoms with Crippen LogP contribution in [0.1, 0.15) is 43.7 Å². The van der Waals surface area contributed by atoms with Crippen LogP contribution in [-0.4, -0.2) is 42.6 Å². The largest absolute Gasteiger partial charge is 0.481 e. The molecular weight excluding hydrogens is 360 g/mol. The van der Waals surface area contributed by atoms with Gasteiger partial charge < -0.3 is 15.0 Å². The predicted octanol–water partition coefficient (Wildman–Crippen LogP) is 4.36. The highest BCUT2D eigenvalue weighted by atomic mass is 16.5. The van der Waals surface area contributed by atoms with Crippen molar-refractivity contribution >= 4 is 5.91 Å². The summed E-state index contributed by atoms with van der Waals surface area (Å²) in [7, 11) is 4.37. The highest BCUT2D eigenvalue weighted by Gasteiger charge is 2.38. The molecule has 1 amide bonds. The number of rotatable bonds is 7. The first-order chi connectivity index (χ1) is 13.9. The number of benzene rings is 2. The van der Waals surface area contributed by atoms with Crippen molar-refractivity contribution in [2.75, 3.05) is 14.1 Å². The van der Waals surface area contributed by atoms with E-state index in [4.69, 9.17) is 4.74 Å². The number of amides is 1. The van der Waals surface area contributed by atoms with Crippen molar-refractivity contribution in [3.05, 3.63) is 65.7 Å². The lowest BCUT2D eigenvalue weighted by atomic mass is 9.74. The first-order valence-corrected chi connectivity index (χ1v) is 10.6. The number of carbonyl (C=O) groups is 1. The van der Waals surface area contributed by atoms with Crippen LogP contribution in [0.25, 0.3) is 0 Å². The van der Waals surface area contributed by atoms with Crippen molar-refractivity contribution in [2.45, 2.75) is 63.6 Å². The number of para-hydroxylation sites is 1. The molecule has 0 radical (unpaired) electrons. The number of ether oxygens (including phenoxy) is 1. The number of nitrogens with zero attached hydrogens (tertiary/aromatic N) is 1. The molecule has 2 aromatic carbocycles. The van der Waals surface area contributed by atoms with E-state index >= 15 is 0 Å². The maximum Gasteiger partial charge on any atom is 0.260 e. The van der Waals surface area contributed by atoms with E-state index in [2.05, 4.69) is 55.5 Å². The Balaban J connectivity index is 1.54. The van der Waals surface area contributed by atoms with Gasteiger partial charge in [0, 0.05) is 11.6 Å². The number of carbonyl (C=O) groups excluding carboxylic acids is 1. The van der Waals surface area contributed by atoms with E-state index in [0.717, 1.165) is 37.9 Å². The third kappa shape index (κ3) is 5.60. The average Bonchev–Trinajstić information content (AvgIpc) is 2.72. The Morgan fingerprint density at radius 2 is 1.72 bits per heavy atom. The molecule has 3 rings (SSSR count). The van der Waals surface area contributed by atoms with Gasteiger partial charge in [-0.3, -0.25) is 4.79 Å². The summed E-state index contributed by atoms with van der Waals surface area (Å²) >= 11 is 0. The maximum atomic E-state index is 12.6. The van der Waals surface area contributed by atoms with Crippen molar-refractivity contribution in [1.82, 2.24) is 10.2 Å². The highest BCUT2D eigenvalue weighted by molar-refractivity contribution is 5.81. The summed E-state index contributed by atoms with van der Waals surface area (Å²) in [5.41, 5.74) is 2.84. The molecule has 1 saturated carbocycles. The number of aryl methyl sites for hydroxylation is 1. The Hall–Kier alpha value is -2.33. The van der Waals surface area contributed by atoms with E-state index in [0.29, 0.717) is 0 Å². The van der Waals surface area contributed by atoms with E-state index in [1.165, 1.54) is 11.1 Å². The number of nitrogens with one attached hydrogen (secondary N) is 1. The molecule has 156 valence electrons. The third-order valence-corrected chi connectivity index (χ3v) is 6.29. The van der Waals surface area contributed by atoms with Gasteiger partial charge in [-0.25, -0.2) is 0 Å². The second-order valence-electron chi connectivity index (χ2n) is 8.64. The smallest absolute Gasteiger partial charge is 0.260 e. The maximum absolute atomic E-state index is 12.6. The molecule has 0 aromatic heterocycles. The quantitative estimate of drug-likeness (QED) is 0.758. The number of hydrogen-bond donors (Lipinski definition) is 1. The van der Waals surface area contributed by atoms with E-state index in [9.17, 15) is 4.79 Å². The molecule has 0 spiro atoms. The van der Waals surface area contributed by atoms with Gasteiger partial charge >= 0.3 is 0 Å². The molecule has 2 aromatic rings. The zero-order valence-electron chi connectivity index (χ0n) is 18.2. The molecule has 0 bridgehead atoms. The lowest BCUT2D eigenvalue weighted by Crippen LogP contribution is -2.53. The van der Waals surface area contributed by atoms with Gasteiger partial charge in [-0.1, -0.05) is 48.0 Å². The summed E-state index contributed by atoms with van der Waals surface area (Å²) in [5.74, 6) is 0.693. The molecule has 0 heterocycles. The average molecular weight is 395 g/mol. The Bertz CT molecular complexity index is 778. The van der Waals surface area contributed by atoms with Crippen LogP contribution >= 0.6 is 0 Å².